The zero-order valence-electron chi connectivity index (χ0n) is 22.1. The van der Waals surface area contributed by atoms with Crippen molar-refractivity contribution in [2.24, 2.45) is 0 Å². The van der Waals surface area contributed by atoms with Crippen LogP contribution in [0.5, 0.6) is 5.75 Å². The molecule has 2 aliphatic rings. The average molecular weight is 633 g/mol. The molecule has 0 spiro atoms. The first-order chi connectivity index (χ1) is 20.1. The molecule has 1 saturated carbocycles. The Kier molecular flexibility index (Phi) is 7.65. The van der Waals surface area contributed by atoms with Gasteiger partial charge in [0.2, 0.25) is 12.4 Å². The second kappa shape index (κ2) is 11.3. The molecule has 0 radical (unpaired) electrons. The van der Waals surface area contributed by atoms with Crippen LogP contribution < -0.4 is 14.4 Å². The summed E-state index contributed by atoms with van der Waals surface area (Å²) in [5.74, 6) is 0.982. The minimum atomic E-state index is -1.16. The smallest absolute Gasteiger partial charge is 0.335 e. The highest BCUT2D eigenvalue weighted by Gasteiger charge is 2.37. The van der Waals surface area contributed by atoms with Crippen molar-refractivity contribution in [3.63, 3.8) is 0 Å². The highest BCUT2D eigenvalue weighted by molar-refractivity contribution is 6.38. The van der Waals surface area contributed by atoms with Crippen LogP contribution in [-0.4, -0.2) is 44.6 Å². The number of carboxylic acids is 1. The molecule has 1 aromatic carbocycles. The van der Waals surface area contributed by atoms with Gasteiger partial charge in [0.1, 0.15) is 39.7 Å². The van der Waals surface area contributed by atoms with Crippen LogP contribution in [0.2, 0.25) is 15.1 Å². The van der Waals surface area contributed by atoms with Crippen molar-refractivity contribution in [1.29, 1.82) is 0 Å². The maximum atomic E-state index is 11.5. The maximum Gasteiger partial charge on any atom is 0.335 e. The van der Waals surface area contributed by atoms with Crippen molar-refractivity contribution >= 4 is 46.6 Å². The Hall–Kier alpha value is -3.57. The molecule has 218 valence electrons. The minimum Gasteiger partial charge on any atom is -0.489 e. The first-order valence-corrected chi connectivity index (χ1v) is 14.4. The lowest BCUT2D eigenvalue weighted by molar-refractivity contribution is -0.904. The number of anilines is 1. The number of aromatic nitrogens is 3. The molecular formula is C29H26Cl3N4O6+. The van der Waals surface area contributed by atoms with Crippen molar-refractivity contribution in [2.75, 3.05) is 18.0 Å². The number of hydrogen-bond acceptors (Lipinski definition) is 8. The molecule has 4 aromatic rings. The Morgan fingerprint density at radius 1 is 1.10 bits per heavy atom. The number of carbonyl (C=O) groups is 1. The fraction of sp³-hybridized carbons (Fsp3) is 0.310. The molecule has 0 atom stereocenters. The van der Waals surface area contributed by atoms with E-state index in [0.717, 1.165) is 17.6 Å². The molecule has 0 bridgehead atoms. The Morgan fingerprint density at radius 2 is 1.81 bits per heavy atom. The lowest BCUT2D eigenvalue weighted by Gasteiger charge is -2.39. The van der Waals surface area contributed by atoms with Gasteiger partial charge in [-0.25, -0.2) is 9.78 Å². The molecule has 1 saturated heterocycles. The monoisotopic (exact) mass is 631 g/mol. The van der Waals surface area contributed by atoms with Crippen molar-refractivity contribution < 1.29 is 34.2 Å². The second-order valence-electron chi connectivity index (χ2n) is 10.5. The van der Waals surface area contributed by atoms with E-state index in [9.17, 15) is 20.2 Å². The van der Waals surface area contributed by atoms with Crippen LogP contribution in [0, 0.1) is 0 Å². The molecule has 42 heavy (non-hydrogen) atoms. The molecule has 2 fully saturated rings. The van der Waals surface area contributed by atoms with E-state index in [-0.39, 0.29) is 28.1 Å². The zero-order valence-corrected chi connectivity index (χ0v) is 24.4. The maximum absolute atomic E-state index is 11.5. The van der Waals surface area contributed by atoms with Gasteiger partial charge in [0, 0.05) is 35.5 Å². The van der Waals surface area contributed by atoms with Gasteiger partial charge in [-0.15, -0.1) is 0 Å². The lowest BCUT2D eigenvalue weighted by Crippen LogP contribution is -2.43. The van der Waals surface area contributed by atoms with Gasteiger partial charge in [0.05, 0.1) is 27.3 Å². The summed E-state index contributed by atoms with van der Waals surface area (Å²) in [6, 6.07) is 8.16. The van der Waals surface area contributed by atoms with E-state index in [1.165, 1.54) is 30.7 Å². The van der Waals surface area contributed by atoms with Crippen molar-refractivity contribution in [3.05, 3.63) is 86.4 Å². The van der Waals surface area contributed by atoms with Crippen molar-refractivity contribution in [3.8, 4) is 17.0 Å². The standard InChI is InChI=1S/C29H25Cl3N4O6/c30-21-12-18(3-4-20(21)29(39)6-9-35(10-7-29)24-11-17(28(37)38)5-8-33-24)41-15-19-26(34-42-27(19)16-1-2-16)25-22(31)13-36(40)14-23(25)32/h3-5,8,11-14,16,39H,1-2,6-7,9-10,15H2,(H-,34,37,38,40)/p+1. The third kappa shape index (κ3) is 5.59. The molecule has 0 unspecified atom stereocenters. The first-order valence-electron chi connectivity index (χ1n) is 13.3. The number of rotatable bonds is 8. The highest BCUT2D eigenvalue weighted by Crippen LogP contribution is 2.46. The topological polar surface area (TPSA) is 133 Å². The Morgan fingerprint density at radius 3 is 2.45 bits per heavy atom. The molecular weight excluding hydrogens is 607 g/mol. The molecule has 10 nitrogen and oxygen atoms in total. The van der Waals surface area contributed by atoms with Crippen LogP contribution in [-0.2, 0) is 12.2 Å². The second-order valence-corrected chi connectivity index (χ2v) is 11.7. The largest absolute Gasteiger partial charge is 0.489 e. The SMILES string of the molecule is O=C(O)c1ccnc(N2CCC(O)(c3ccc(OCc4c(-c5c(Cl)c[n+](O)cc5Cl)noc4C4CC4)cc3Cl)CC2)c1. The number of aliphatic hydroxyl groups is 1. The lowest BCUT2D eigenvalue weighted by atomic mass is 9.84. The molecule has 1 aliphatic heterocycles. The number of carboxylic acid groups (broad SMARTS) is 1. The van der Waals surface area contributed by atoms with Crippen molar-refractivity contribution in [1.82, 2.24) is 10.1 Å². The van der Waals surface area contributed by atoms with E-state index >= 15 is 0 Å². The normalized spacial score (nSPS) is 16.4. The summed E-state index contributed by atoms with van der Waals surface area (Å²) in [5, 5.41) is 35.6. The molecule has 4 heterocycles. The molecule has 6 rings (SSSR count). The minimum absolute atomic E-state index is 0.114. The van der Waals surface area contributed by atoms with Gasteiger partial charge >= 0.3 is 5.97 Å². The van der Waals surface area contributed by atoms with Gasteiger partial charge in [-0.3, -0.25) is 5.21 Å². The van der Waals surface area contributed by atoms with E-state index in [4.69, 9.17) is 44.1 Å². The third-order valence-electron chi connectivity index (χ3n) is 7.70. The first kappa shape index (κ1) is 28.5. The Bertz CT molecular complexity index is 1640. The van der Waals surface area contributed by atoms with Gasteiger partial charge in [0.25, 0.3) is 0 Å². The van der Waals surface area contributed by atoms with Gasteiger partial charge in [-0.2, -0.15) is 0 Å². The fourth-order valence-electron chi connectivity index (χ4n) is 5.28. The summed E-state index contributed by atoms with van der Waals surface area (Å²) < 4.78 is 12.6. The average Bonchev–Trinajstić information content (AvgIpc) is 3.72. The number of hydrogen-bond donors (Lipinski definition) is 3. The van der Waals surface area contributed by atoms with Crippen LogP contribution in [0.25, 0.3) is 11.3 Å². The summed E-state index contributed by atoms with van der Waals surface area (Å²) in [4.78, 5) is 17.6. The van der Waals surface area contributed by atoms with Crippen LogP contribution in [0.4, 0.5) is 5.82 Å². The van der Waals surface area contributed by atoms with Crippen LogP contribution in [0.15, 0.2) is 53.4 Å². The van der Waals surface area contributed by atoms with E-state index in [1.54, 1.807) is 18.2 Å². The number of halogens is 3. The predicted molar refractivity (Wildman–Crippen MR) is 154 cm³/mol. The van der Waals surface area contributed by atoms with E-state index < -0.39 is 11.6 Å². The van der Waals surface area contributed by atoms with Gasteiger partial charge in [0.15, 0.2) is 0 Å². The predicted octanol–water partition coefficient (Wildman–Crippen LogP) is 5.86. The van der Waals surface area contributed by atoms with Gasteiger partial charge in [-0.05, 0) is 49.9 Å². The van der Waals surface area contributed by atoms with Crippen LogP contribution in [0.3, 0.4) is 0 Å². The summed E-state index contributed by atoms with van der Waals surface area (Å²) in [6.07, 6.45) is 6.82. The summed E-state index contributed by atoms with van der Waals surface area (Å²) in [5.41, 5.74) is 1.18. The molecule has 13 heteroatoms. The molecule has 1 aliphatic carbocycles. The molecule has 0 amide bonds. The van der Waals surface area contributed by atoms with E-state index in [2.05, 4.69) is 10.1 Å². The number of pyridine rings is 2. The molecule has 3 aromatic heterocycles. The summed E-state index contributed by atoms with van der Waals surface area (Å²) >= 11 is 19.5. The number of aromatic carboxylic acids is 1. The van der Waals surface area contributed by atoms with Gasteiger partial charge < -0.3 is 24.4 Å². The highest BCUT2D eigenvalue weighted by atomic mass is 35.5. The summed E-state index contributed by atoms with van der Waals surface area (Å²) in [7, 11) is 0. The number of benzene rings is 1. The van der Waals surface area contributed by atoms with Crippen LogP contribution >= 0.6 is 34.8 Å². The van der Waals surface area contributed by atoms with E-state index in [1.807, 2.05) is 4.90 Å². The van der Waals surface area contributed by atoms with Crippen molar-refractivity contribution in [2.45, 2.75) is 43.8 Å². The number of ether oxygens (including phenoxy) is 1. The molecule has 3 N–H and O–H groups in total. The Labute approximate surface area is 255 Å². The number of piperidine rings is 1. The van der Waals surface area contributed by atoms with Gasteiger partial charge in [-0.1, -0.05) is 46.0 Å². The quantitative estimate of drug-likeness (QED) is 0.161. The zero-order chi connectivity index (χ0) is 29.6. The van der Waals surface area contributed by atoms with E-state index in [0.29, 0.717) is 70.7 Å². The van der Waals surface area contributed by atoms with Crippen LogP contribution in [0.1, 0.15) is 58.8 Å². The fourth-order valence-corrected chi connectivity index (χ4v) is 6.26. The third-order valence-corrected chi connectivity index (χ3v) is 8.59. The number of nitrogens with zero attached hydrogens (tertiary/aromatic N) is 4. The Balaban J connectivity index is 1.18. The summed E-state index contributed by atoms with van der Waals surface area (Å²) in [6.45, 7) is 1.06.